The van der Waals surface area contributed by atoms with Crippen LogP contribution in [0.25, 0.3) is 5.69 Å². The molecule has 0 spiro atoms. The van der Waals surface area contributed by atoms with Crippen molar-refractivity contribution in [3.8, 4) is 5.69 Å². The van der Waals surface area contributed by atoms with Gasteiger partial charge in [0, 0.05) is 31.7 Å². The maximum atomic E-state index is 12.0. The number of nitrogens with zero attached hydrogens (tertiary/aromatic N) is 4. The average molecular weight is 322 g/mol. The first-order valence-corrected chi connectivity index (χ1v) is 7.67. The number of carbonyl (C=O) groups is 1. The molecule has 3 rings (SSSR count). The zero-order valence-electron chi connectivity index (χ0n) is 13.1. The summed E-state index contributed by atoms with van der Waals surface area (Å²) in [5.41, 5.74) is 1.84. The Hall–Kier alpha value is -3.22. The van der Waals surface area contributed by atoms with Crippen molar-refractivity contribution in [2.24, 2.45) is 0 Å². The van der Waals surface area contributed by atoms with E-state index in [4.69, 9.17) is 0 Å². The highest BCUT2D eigenvalue weighted by Crippen LogP contribution is 2.08. The summed E-state index contributed by atoms with van der Waals surface area (Å²) in [4.78, 5) is 20.0. The first-order valence-electron chi connectivity index (χ1n) is 7.67. The number of benzene rings is 1. The topological polar surface area (TPSA) is 84.7 Å². The molecular formula is C17H18N6O. The van der Waals surface area contributed by atoms with Crippen molar-refractivity contribution in [1.29, 1.82) is 0 Å². The Bertz CT molecular complexity index is 772. The van der Waals surface area contributed by atoms with Crippen molar-refractivity contribution < 1.29 is 4.79 Å². The molecule has 24 heavy (non-hydrogen) atoms. The van der Waals surface area contributed by atoms with Crippen LogP contribution in [-0.2, 0) is 11.2 Å². The maximum absolute atomic E-state index is 12.0. The Morgan fingerprint density at radius 3 is 2.75 bits per heavy atom. The number of carbonyl (C=O) groups excluding carboxylic acids is 1. The summed E-state index contributed by atoms with van der Waals surface area (Å²) in [6, 6.07) is 9.79. The van der Waals surface area contributed by atoms with E-state index in [0.29, 0.717) is 25.3 Å². The van der Waals surface area contributed by atoms with Crippen LogP contribution >= 0.6 is 0 Å². The van der Waals surface area contributed by atoms with Crippen LogP contribution in [-0.4, -0.2) is 38.7 Å². The van der Waals surface area contributed by atoms with Crippen LogP contribution in [0.5, 0.6) is 0 Å². The fraction of sp³-hybridized carbons (Fsp3) is 0.176. The van der Waals surface area contributed by atoms with Crippen molar-refractivity contribution in [2.45, 2.75) is 6.42 Å². The van der Waals surface area contributed by atoms with Gasteiger partial charge in [-0.25, -0.2) is 9.67 Å². The van der Waals surface area contributed by atoms with E-state index in [1.54, 1.807) is 29.5 Å². The van der Waals surface area contributed by atoms with Gasteiger partial charge in [0.05, 0.1) is 24.5 Å². The molecule has 1 amide bonds. The van der Waals surface area contributed by atoms with E-state index < -0.39 is 0 Å². The molecule has 0 aliphatic heterocycles. The highest BCUT2D eigenvalue weighted by atomic mass is 16.1. The first-order chi connectivity index (χ1) is 11.8. The smallest absolute Gasteiger partial charge is 0.224 e. The molecule has 0 radical (unpaired) electrons. The van der Waals surface area contributed by atoms with Gasteiger partial charge in [-0.15, -0.1) is 0 Å². The number of rotatable bonds is 7. The molecule has 0 aliphatic carbocycles. The van der Waals surface area contributed by atoms with E-state index in [2.05, 4.69) is 25.7 Å². The molecule has 0 bridgehead atoms. The second-order valence-electron chi connectivity index (χ2n) is 5.17. The number of hydrogen-bond donors (Lipinski definition) is 2. The molecule has 0 atom stereocenters. The zero-order valence-corrected chi connectivity index (χ0v) is 13.1. The average Bonchev–Trinajstić information content (AvgIpc) is 3.09. The van der Waals surface area contributed by atoms with E-state index >= 15 is 0 Å². The minimum absolute atomic E-state index is 0.0384. The predicted octanol–water partition coefficient (Wildman–Crippen LogP) is 1.43. The lowest BCUT2D eigenvalue weighted by Gasteiger charge is -2.06. The molecule has 3 aromatic rings. The molecule has 2 heterocycles. The van der Waals surface area contributed by atoms with Gasteiger partial charge in [-0.2, -0.15) is 5.10 Å². The van der Waals surface area contributed by atoms with Crippen LogP contribution in [0.15, 0.2) is 61.3 Å². The summed E-state index contributed by atoms with van der Waals surface area (Å²) in [5, 5.41) is 10.2. The van der Waals surface area contributed by atoms with Gasteiger partial charge in [0.25, 0.3) is 0 Å². The number of aromatic nitrogens is 4. The van der Waals surface area contributed by atoms with Crippen LogP contribution in [0, 0.1) is 0 Å². The molecule has 1 aromatic carbocycles. The van der Waals surface area contributed by atoms with Gasteiger partial charge in [-0.05, 0) is 17.7 Å². The van der Waals surface area contributed by atoms with Crippen molar-refractivity contribution in [1.82, 2.24) is 25.1 Å². The third-order valence-corrected chi connectivity index (χ3v) is 3.34. The molecule has 0 saturated carbocycles. The number of para-hydroxylation sites is 1. The van der Waals surface area contributed by atoms with Gasteiger partial charge in [-0.3, -0.25) is 9.78 Å². The summed E-state index contributed by atoms with van der Waals surface area (Å²) >= 11 is 0. The second-order valence-corrected chi connectivity index (χ2v) is 5.17. The lowest BCUT2D eigenvalue weighted by atomic mass is 10.2. The van der Waals surface area contributed by atoms with Crippen LogP contribution in [0.1, 0.15) is 5.56 Å². The number of anilines is 1. The molecule has 0 saturated heterocycles. The minimum Gasteiger partial charge on any atom is -0.367 e. The molecule has 122 valence electrons. The molecule has 0 fully saturated rings. The quantitative estimate of drug-likeness (QED) is 0.643. The van der Waals surface area contributed by atoms with Crippen molar-refractivity contribution >= 4 is 11.7 Å². The highest BCUT2D eigenvalue weighted by Gasteiger charge is 2.06. The minimum atomic E-state index is -0.0384. The first kappa shape index (κ1) is 15.7. The zero-order chi connectivity index (χ0) is 16.6. The van der Waals surface area contributed by atoms with E-state index in [9.17, 15) is 4.79 Å². The Balaban J connectivity index is 1.43. The van der Waals surface area contributed by atoms with Gasteiger partial charge < -0.3 is 10.6 Å². The van der Waals surface area contributed by atoms with Crippen molar-refractivity contribution in [3.05, 3.63) is 66.9 Å². The van der Waals surface area contributed by atoms with Crippen LogP contribution in [0.2, 0.25) is 0 Å². The Kier molecular flexibility index (Phi) is 5.14. The van der Waals surface area contributed by atoms with Gasteiger partial charge in [0.1, 0.15) is 5.82 Å². The Labute approximate surface area is 139 Å². The number of nitrogens with one attached hydrogen (secondary N) is 2. The molecule has 0 unspecified atom stereocenters. The number of hydrogen-bond acceptors (Lipinski definition) is 5. The largest absolute Gasteiger partial charge is 0.367 e. The van der Waals surface area contributed by atoms with Gasteiger partial charge in [0.2, 0.25) is 5.91 Å². The number of amides is 1. The Morgan fingerprint density at radius 2 is 1.96 bits per heavy atom. The summed E-state index contributed by atoms with van der Waals surface area (Å²) < 4.78 is 1.76. The Morgan fingerprint density at radius 1 is 1.08 bits per heavy atom. The van der Waals surface area contributed by atoms with Gasteiger partial charge in [-0.1, -0.05) is 18.2 Å². The van der Waals surface area contributed by atoms with Crippen LogP contribution in [0.4, 0.5) is 5.82 Å². The van der Waals surface area contributed by atoms with Gasteiger partial charge >= 0.3 is 0 Å². The standard InChI is InChI=1S/C17H18N6O/c24-17(21-9-8-20-16-12-18-6-7-19-16)10-14-11-22-23(13-14)15-4-2-1-3-5-15/h1-7,11-13H,8-10H2,(H,19,20)(H,21,24). The fourth-order valence-corrected chi connectivity index (χ4v) is 2.20. The summed E-state index contributed by atoms with van der Waals surface area (Å²) in [6.45, 7) is 1.11. The second kappa shape index (κ2) is 7.87. The maximum Gasteiger partial charge on any atom is 0.224 e. The van der Waals surface area contributed by atoms with E-state index in [0.717, 1.165) is 11.3 Å². The predicted molar refractivity (Wildman–Crippen MR) is 90.8 cm³/mol. The van der Waals surface area contributed by atoms with E-state index in [1.807, 2.05) is 36.5 Å². The lowest BCUT2D eigenvalue weighted by molar-refractivity contribution is -0.120. The normalized spacial score (nSPS) is 10.3. The SMILES string of the molecule is O=C(Cc1cnn(-c2ccccc2)c1)NCCNc1cnccn1. The highest BCUT2D eigenvalue weighted by molar-refractivity contribution is 5.78. The molecule has 7 nitrogen and oxygen atoms in total. The molecule has 7 heteroatoms. The lowest BCUT2D eigenvalue weighted by Crippen LogP contribution is -2.30. The van der Waals surface area contributed by atoms with E-state index in [1.165, 1.54) is 0 Å². The third-order valence-electron chi connectivity index (χ3n) is 3.34. The summed E-state index contributed by atoms with van der Waals surface area (Å²) in [7, 11) is 0. The summed E-state index contributed by atoms with van der Waals surface area (Å²) in [6.07, 6.45) is 8.75. The van der Waals surface area contributed by atoms with Crippen LogP contribution in [0.3, 0.4) is 0 Å². The van der Waals surface area contributed by atoms with Crippen LogP contribution < -0.4 is 10.6 Å². The van der Waals surface area contributed by atoms with Crippen molar-refractivity contribution in [2.75, 3.05) is 18.4 Å². The monoisotopic (exact) mass is 322 g/mol. The van der Waals surface area contributed by atoms with Crippen molar-refractivity contribution in [3.63, 3.8) is 0 Å². The fourth-order valence-electron chi connectivity index (χ4n) is 2.20. The molecule has 2 aromatic heterocycles. The molecule has 2 N–H and O–H groups in total. The molecule has 0 aliphatic rings. The third kappa shape index (κ3) is 4.39. The van der Waals surface area contributed by atoms with Gasteiger partial charge in [0.15, 0.2) is 0 Å². The molecular weight excluding hydrogens is 304 g/mol. The van der Waals surface area contributed by atoms with E-state index in [-0.39, 0.29) is 5.91 Å². The summed E-state index contributed by atoms with van der Waals surface area (Å²) in [5.74, 6) is 0.652.